The van der Waals surface area contributed by atoms with Crippen LogP contribution in [0.1, 0.15) is 11.3 Å². The van der Waals surface area contributed by atoms with Crippen molar-refractivity contribution in [2.24, 2.45) is 0 Å². The Balaban J connectivity index is 2.04. The first-order valence-corrected chi connectivity index (χ1v) is 8.31. The lowest BCUT2D eigenvalue weighted by Gasteiger charge is -2.14. The minimum Gasteiger partial charge on any atom is -0.250 e. The van der Waals surface area contributed by atoms with E-state index in [0.29, 0.717) is 22.4 Å². The second-order valence-corrected chi connectivity index (χ2v) is 6.12. The van der Waals surface area contributed by atoms with Gasteiger partial charge >= 0.3 is 6.18 Å². The number of rotatable bonds is 2. The fraction of sp³-hybridized carbons (Fsp3) is 0.0952. The van der Waals surface area contributed by atoms with Crippen molar-refractivity contribution in [1.82, 2.24) is 15.0 Å². The topological polar surface area (TPSA) is 38.7 Å². The van der Waals surface area contributed by atoms with Crippen molar-refractivity contribution < 1.29 is 13.2 Å². The van der Waals surface area contributed by atoms with Crippen LogP contribution in [0, 0.1) is 6.92 Å². The molecule has 27 heavy (non-hydrogen) atoms. The molecule has 0 saturated carbocycles. The Hall–Kier alpha value is -3.28. The van der Waals surface area contributed by atoms with Crippen molar-refractivity contribution in [2.75, 3.05) is 0 Å². The summed E-state index contributed by atoms with van der Waals surface area (Å²) in [5.74, 6) is 0.296. The van der Waals surface area contributed by atoms with Crippen LogP contribution in [-0.4, -0.2) is 15.0 Å². The normalized spacial score (nSPS) is 11.7. The summed E-state index contributed by atoms with van der Waals surface area (Å²) in [5.41, 5.74) is 1.41. The summed E-state index contributed by atoms with van der Waals surface area (Å²) in [6, 6.07) is 17.9. The second-order valence-electron chi connectivity index (χ2n) is 6.12. The molecular formula is C21H14F3N3. The van der Waals surface area contributed by atoms with Gasteiger partial charge in [-0.1, -0.05) is 42.5 Å². The summed E-state index contributed by atoms with van der Waals surface area (Å²) in [4.78, 5) is 13.4. The van der Waals surface area contributed by atoms with Crippen LogP contribution in [-0.2, 0) is 6.18 Å². The van der Waals surface area contributed by atoms with E-state index < -0.39 is 11.7 Å². The van der Waals surface area contributed by atoms with Gasteiger partial charge in [-0.3, -0.25) is 0 Å². The van der Waals surface area contributed by atoms with Crippen LogP contribution in [0.4, 0.5) is 13.2 Å². The van der Waals surface area contributed by atoms with E-state index in [2.05, 4.69) is 15.0 Å². The maximum Gasteiger partial charge on any atom is 0.417 e. The number of nitrogens with zero attached hydrogens (tertiary/aromatic N) is 3. The maximum atomic E-state index is 13.6. The second kappa shape index (κ2) is 6.46. The molecule has 0 aliphatic heterocycles. The third-order valence-corrected chi connectivity index (χ3v) is 4.21. The molecule has 0 aliphatic carbocycles. The molecule has 0 N–H and O–H groups in total. The molecule has 0 spiro atoms. The number of aromatic nitrogens is 3. The van der Waals surface area contributed by atoms with Crippen LogP contribution in [0.2, 0.25) is 0 Å². The average molecular weight is 365 g/mol. The predicted molar refractivity (Wildman–Crippen MR) is 97.9 cm³/mol. The molecule has 4 rings (SSSR count). The number of para-hydroxylation sites is 1. The predicted octanol–water partition coefficient (Wildman–Crippen LogP) is 5.69. The maximum absolute atomic E-state index is 13.6. The number of aryl methyl sites for hydroxylation is 1. The standard InChI is InChI=1S/C21H14F3N3/c1-13-7-6-12-18(25-13)20-26-17-11-5-3-9-15(17)19(27-20)14-8-2-4-10-16(14)21(22,23)24/h2-12H,1H3. The molecule has 0 bridgehead atoms. The zero-order valence-electron chi connectivity index (χ0n) is 14.3. The number of halogens is 3. The molecule has 0 aliphatic rings. The average Bonchev–Trinajstić information content (AvgIpc) is 2.66. The summed E-state index contributed by atoms with van der Waals surface area (Å²) < 4.78 is 40.7. The molecule has 0 atom stereocenters. The monoisotopic (exact) mass is 365 g/mol. The number of fused-ring (bicyclic) bond motifs is 1. The lowest BCUT2D eigenvalue weighted by atomic mass is 10.0. The molecule has 0 amide bonds. The van der Waals surface area contributed by atoms with Crippen molar-refractivity contribution in [2.45, 2.75) is 13.1 Å². The Bertz CT molecular complexity index is 1140. The van der Waals surface area contributed by atoms with Gasteiger partial charge in [0.2, 0.25) is 0 Å². The van der Waals surface area contributed by atoms with Gasteiger partial charge in [0, 0.05) is 16.6 Å². The van der Waals surface area contributed by atoms with Gasteiger partial charge in [0.15, 0.2) is 5.82 Å². The van der Waals surface area contributed by atoms with E-state index in [0.717, 1.165) is 11.8 Å². The molecule has 0 saturated heterocycles. The van der Waals surface area contributed by atoms with Gasteiger partial charge in [0.05, 0.1) is 16.8 Å². The van der Waals surface area contributed by atoms with E-state index in [-0.39, 0.29) is 11.3 Å². The van der Waals surface area contributed by atoms with Gasteiger partial charge in [-0.15, -0.1) is 0 Å². The molecule has 0 unspecified atom stereocenters. The van der Waals surface area contributed by atoms with Crippen LogP contribution in [0.3, 0.4) is 0 Å². The van der Waals surface area contributed by atoms with Gasteiger partial charge in [0.25, 0.3) is 0 Å². The van der Waals surface area contributed by atoms with Crippen molar-refractivity contribution in [1.29, 1.82) is 0 Å². The van der Waals surface area contributed by atoms with Gasteiger partial charge < -0.3 is 0 Å². The number of pyridine rings is 1. The van der Waals surface area contributed by atoms with Crippen LogP contribution >= 0.6 is 0 Å². The fourth-order valence-electron chi connectivity index (χ4n) is 3.00. The molecule has 2 aromatic heterocycles. The van der Waals surface area contributed by atoms with Gasteiger partial charge in [-0.25, -0.2) is 15.0 Å². The molecule has 6 heteroatoms. The lowest BCUT2D eigenvalue weighted by molar-refractivity contribution is -0.137. The first-order chi connectivity index (χ1) is 12.9. The van der Waals surface area contributed by atoms with Gasteiger partial charge in [-0.05, 0) is 31.2 Å². The highest BCUT2D eigenvalue weighted by Crippen LogP contribution is 2.38. The summed E-state index contributed by atoms with van der Waals surface area (Å²) in [5, 5.41) is 0.561. The summed E-state index contributed by atoms with van der Waals surface area (Å²) in [6.45, 7) is 1.84. The minimum atomic E-state index is -4.48. The third kappa shape index (κ3) is 3.26. The molecule has 4 aromatic rings. The van der Waals surface area contributed by atoms with Gasteiger partial charge in [-0.2, -0.15) is 13.2 Å². The number of hydrogen-bond acceptors (Lipinski definition) is 3. The smallest absolute Gasteiger partial charge is 0.250 e. The largest absolute Gasteiger partial charge is 0.417 e. The fourth-order valence-corrected chi connectivity index (χ4v) is 3.00. The lowest BCUT2D eigenvalue weighted by Crippen LogP contribution is -2.08. The van der Waals surface area contributed by atoms with E-state index in [1.165, 1.54) is 12.1 Å². The molecule has 2 aromatic carbocycles. The molecule has 134 valence electrons. The van der Waals surface area contributed by atoms with Crippen LogP contribution in [0.15, 0.2) is 66.7 Å². The first-order valence-electron chi connectivity index (χ1n) is 8.31. The van der Waals surface area contributed by atoms with Crippen LogP contribution < -0.4 is 0 Å². The summed E-state index contributed by atoms with van der Waals surface area (Å²) in [6.07, 6.45) is -4.48. The Morgan fingerprint density at radius 3 is 2.26 bits per heavy atom. The number of hydrogen-bond donors (Lipinski definition) is 0. The SMILES string of the molecule is Cc1cccc(-c2nc(-c3ccccc3C(F)(F)F)c3ccccc3n2)n1. The van der Waals surface area contributed by atoms with E-state index in [1.54, 1.807) is 36.4 Å². The number of alkyl halides is 3. The number of benzene rings is 2. The Morgan fingerprint density at radius 2 is 1.48 bits per heavy atom. The highest BCUT2D eigenvalue weighted by Gasteiger charge is 2.34. The van der Waals surface area contributed by atoms with Crippen LogP contribution in [0.5, 0.6) is 0 Å². The highest BCUT2D eigenvalue weighted by molar-refractivity contribution is 5.94. The van der Waals surface area contributed by atoms with Crippen molar-refractivity contribution in [3.63, 3.8) is 0 Å². The van der Waals surface area contributed by atoms with E-state index >= 15 is 0 Å². The van der Waals surface area contributed by atoms with E-state index in [4.69, 9.17) is 0 Å². The summed E-state index contributed by atoms with van der Waals surface area (Å²) >= 11 is 0. The molecular weight excluding hydrogens is 351 g/mol. The third-order valence-electron chi connectivity index (χ3n) is 4.21. The zero-order valence-corrected chi connectivity index (χ0v) is 14.3. The van der Waals surface area contributed by atoms with Gasteiger partial charge in [0.1, 0.15) is 5.69 Å². The first kappa shape index (κ1) is 17.1. The molecule has 0 radical (unpaired) electrons. The molecule has 2 heterocycles. The minimum absolute atomic E-state index is 0.0255. The van der Waals surface area contributed by atoms with E-state index in [1.807, 2.05) is 19.1 Å². The Kier molecular flexibility index (Phi) is 4.11. The Labute approximate surface area is 153 Å². The molecule has 3 nitrogen and oxygen atoms in total. The zero-order chi connectivity index (χ0) is 19.0. The van der Waals surface area contributed by atoms with Crippen molar-refractivity contribution in [3.8, 4) is 22.8 Å². The highest BCUT2D eigenvalue weighted by atomic mass is 19.4. The van der Waals surface area contributed by atoms with Crippen molar-refractivity contribution in [3.05, 3.63) is 78.0 Å². The summed E-state index contributed by atoms with van der Waals surface area (Å²) in [7, 11) is 0. The Morgan fingerprint density at radius 1 is 0.741 bits per heavy atom. The van der Waals surface area contributed by atoms with E-state index in [9.17, 15) is 13.2 Å². The quantitative estimate of drug-likeness (QED) is 0.458. The van der Waals surface area contributed by atoms with Crippen LogP contribution in [0.25, 0.3) is 33.7 Å². The van der Waals surface area contributed by atoms with Crippen molar-refractivity contribution >= 4 is 10.9 Å². The molecule has 0 fully saturated rings.